The van der Waals surface area contributed by atoms with Gasteiger partial charge in [0, 0.05) is 12.8 Å². The summed E-state index contributed by atoms with van der Waals surface area (Å²) in [5.74, 6) is 3.11. The van der Waals surface area contributed by atoms with Crippen molar-refractivity contribution in [2.75, 3.05) is 7.11 Å². The minimum atomic E-state index is 0.698. The van der Waals surface area contributed by atoms with Crippen LogP contribution < -0.4 is 4.74 Å². The fourth-order valence-corrected chi connectivity index (χ4v) is 2.82. The molecule has 0 atom stereocenters. The molecule has 0 N–H and O–H groups in total. The van der Waals surface area contributed by atoms with Crippen LogP contribution in [0, 0.1) is 12.3 Å². The second-order valence-corrected chi connectivity index (χ2v) is 5.64. The molecule has 0 amide bonds. The van der Waals surface area contributed by atoms with Crippen LogP contribution in [0.2, 0.25) is 0 Å². The number of hydrogen-bond donors (Lipinski definition) is 0. The van der Waals surface area contributed by atoms with Gasteiger partial charge in [0.05, 0.1) is 7.11 Å². The molecule has 0 saturated heterocycles. The smallest absolute Gasteiger partial charge is 0.226 e. The van der Waals surface area contributed by atoms with E-state index >= 15 is 0 Å². The molecule has 1 aliphatic rings. The van der Waals surface area contributed by atoms with E-state index in [1.165, 1.54) is 25.7 Å². The minimum absolute atomic E-state index is 0.698. The van der Waals surface area contributed by atoms with Crippen molar-refractivity contribution in [3.05, 3.63) is 48.0 Å². The molecule has 0 spiro atoms. The van der Waals surface area contributed by atoms with Gasteiger partial charge in [0.25, 0.3) is 0 Å². The van der Waals surface area contributed by atoms with Crippen LogP contribution in [-0.2, 0) is 12.8 Å². The van der Waals surface area contributed by atoms with Crippen LogP contribution in [0.1, 0.15) is 43.0 Å². The van der Waals surface area contributed by atoms with E-state index in [0.29, 0.717) is 12.3 Å². The monoisotopic (exact) mass is 285 g/mol. The first-order valence-corrected chi connectivity index (χ1v) is 7.59. The van der Waals surface area contributed by atoms with Crippen LogP contribution in [0.25, 0.3) is 0 Å². The molecule has 1 aliphatic carbocycles. The van der Waals surface area contributed by atoms with Crippen LogP contribution in [0.5, 0.6) is 5.75 Å². The van der Waals surface area contributed by atoms with Crippen molar-refractivity contribution in [1.29, 1.82) is 0 Å². The molecular formula is C17H21N2O2. The van der Waals surface area contributed by atoms with Crippen LogP contribution in [0.3, 0.4) is 0 Å². The average Bonchev–Trinajstić information content (AvgIpc) is 2.96. The third kappa shape index (κ3) is 3.84. The summed E-state index contributed by atoms with van der Waals surface area (Å²) >= 11 is 0. The fraction of sp³-hybridized carbons (Fsp3) is 0.471. The summed E-state index contributed by atoms with van der Waals surface area (Å²) in [5, 5.41) is 4.09. The topological polar surface area (TPSA) is 48.2 Å². The van der Waals surface area contributed by atoms with Crippen molar-refractivity contribution in [2.24, 2.45) is 5.92 Å². The summed E-state index contributed by atoms with van der Waals surface area (Å²) in [6.45, 7) is 0. The molecule has 1 radical (unpaired) electrons. The van der Waals surface area contributed by atoms with Gasteiger partial charge in [-0.15, -0.1) is 0 Å². The molecule has 1 saturated carbocycles. The number of aromatic nitrogens is 2. The maximum atomic E-state index is 5.39. The molecule has 1 aromatic carbocycles. The predicted molar refractivity (Wildman–Crippen MR) is 80.1 cm³/mol. The number of nitrogens with zero attached hydrogens (tertiary/aromatic N) is 2. The van der Waals surface area contributed by atoms with Crippen LogP contribution in [0.4, 0.5) is 0 Å². The summed E-state index contributed by atoms with van der Waals surface area (Å²) in [6, 6.07) is 7.97. The number of benzene rings is 1. The Kier molecular flexibility index (Phi) is 4.53. The second-order valence-electron chi connectivity index (χ2n) is 5.64. The normalized spacial score (nSPS) is 16.0. The van der Waals surface area contributed by atoms with Gasteiger partial charge in [-0.3, -0.25) is 0 Å². The van der Waals surface area contributed by atoms with E-state index in [1.807, 2.05) is 24.3 Å². The molecule has 1 heterocycles. The van der Waals surface area contributed by atoms with E-state index < -0.39 is 0 Å². The Hall–Kier alpha value is -1.84. The first-order valence-electron chi connectivity index (χ1n) is 7.59. The molecule has 4 heteroatoms. The van der Waals surface area contributed by atoms with E-state index in [2.05, 4.69) is 16.6 Å². The van der Waals surface area contributed by atoms with E-state index in [9.17, 15) is 0 Å². The number of rotatable bonds is 5. The van der Waals surface area contributed by atoms with Crippen LogP contribution in [-0.4, -0.2) is 17.3 Å². The summed E-state index contributed by atoms with van der Waals surface area (Å²) in [4.78, 5) is 4.52. The van der Waals surface area contributed by atoms with Gasteiger partial charge in [0.2, 0.25) is 5.89 Å². The van der Waals surface area contributed by atoms with Gasteiger partial charge in [-0.25, -0.2) is 0 Å². The van der Waals surface area contributed by atoms with Crippen molar-refractivity contribution < 1.29 is 9.26 Å². The fourth-order valence-electron chi connectivity index (χ4n) is 2.82. The SMILES string of the molecule is COc1ccc(Cc2noc(CC3CC[CH]CC3)n2)cc1. The Balaban J connectivity index is 1.58. The Morgan fingerprint density at radius 3 is 2.67 bits per heavy atom. The highest BCUT2D eigenvalue weighted by Crippen LogP contribution is 2.25. The lowest BCUT2D eigenvalue weighted by atomic mass is 9.87. The van der Waals surface area contributed by atoms with Crippen molar-refractivity contribution in [3.63, 3.8) is 0 Å². The highest BCUT2D eigenvalue weighted by Gasteiger charge is 2.17. The first kappa shape index (κ1) is 14.1. The van der Waals surface area contributed by atoms with Crippen molar-refractivity contribution >= 4 is 0 Å². The van der Waals surface area contributed by atoms with Crippen molar-refractivity contribution in [3.8, 4) is 5.75 Å². The lowest BCUT2D eigenvalue weighted by Gasteiger charge is -2.19. The zero-order valence-corrected chi connectivity index (χ0v) is 12.4. The number of hydrogen-bond acceptors (Lipinski definition) is 4. The Labute approximate surface area is 125 Å². The zero-order chi connectivity index (χ0) is 14.5. The third-order valence-corrected chi connectivity index (χ3v) is 4.05. The van der Waals surface area contributed by atoms with Gasteiger partial charge in [-0.1, -0.05) is 17.3 Å². The largest absolute Gasteiger partial charge is 0.497 e. The standard InChI is InChI=1S/C17H21N2O2/c1-20-15-9-7-14(8-10-15)11-16-18-17(21-19-16)12-13-5-3-2-4-6-13/h2,7-10,13H,3-6,11-12H2,1H3. The molecular weight excluding hydrogens is 264 g/mol. The molecule has 0 unspecified atom stereocenters. The van der Waals surface area contributed by atoms with Crippen molar-refractivity contribution in [1.82, 2.24) is 10.1 Å². The summed E-state index contributed by atoms with van der Waals surface area (Å²) in [5.41, 5.74) is 1.16. The molecule has 4 nitrogen and oxygen atoms in total. The third-order valence-electron chi connectivity index (χ3n) is 4.05. The molecule has 1 fully saturated rings. The lowest BCUT2D eigenvalue weighted by Crippen LogP contribution is -2.09. The molecule has 111 valence electrons. The van der Waals surface area contributed by atoms with Gasteiger partial charge in [-0.2, -0.15) is 4.98 Å². The van der Waals surface area contributed by atoms with E-state index in [4.69, 9.17) is 9.26 Å². The zero-order valence-electron chi connectivity index (χ0n) is 12.4. The predicted octanol–water partition coefficient (Wildman–Crippen LogP) is 3.61. The van der Waals surface area contributed by atoms with E-state index in [0.717, 1.165) is 29.4 Å². The molecule has 21 heavy (non-hydrogen) atoms. The minimum Gasteiger partial charge on any atom is -0.497 e. The van der Waals surface area contributed by atoms with Gasteiger partial charge in [-0.05, 0) is 55.7 Å². The summed E-state index contributed by atoms with van der Waals surface area (Å²) < 4.78 is 10.5. The van der Waals surface area contributed by atoms with E-state index in [1.54, 1.807) is 7.11 Å². The molecule has 0 aliphatic heterocycles. The van der Waals surface area contributed by atoms with Gasteiger partial charge < -0.3 is 9.26 Å². The van der Waals surface area contributed by atoms with Gasteiger partial charge in [0.15, 0.2) is 5.82 Å². The number of ether oxygens (including phenoxy) is 1. The average molecular weight is 285 g/mol. The molecule has 2 aromatic rings. The van der Waals surface area contributed by atoms with Crippen molar-refractivity contribution in [2.45, 2.75) is 38.5 Å². The first-order chi connectivity index (χ1) is 10.3. The molecule has 1 aromatic heterocycles. The Morgan fingerprint density at radius 2 is 1.95 bits per heavy atom. The van der Waals surface area contributed by atoms with Gasteiger partial charge in [0.1, 0.15) is 5.75 Å². The Bertz CT molecular complexity index is 556. The Morgan fingerprint density at radius 1 is 1.19 bits per heavy atom. The number of methoxy groups -OCH3 is 1. The van der Waals surface area contributed by atoms with E-state index in [-0.39, 0.29) is 0 Å². The lowest BCUT2D eigenvalue weighted by molar-refractivity contribution is 0.322. The maximum absolute atomic E-state index is 5.39. The second kappa shape index (κ2) is 6.74. The molecule has 3 rings (SSSR count). The highest BCUT2D eigenvalue weighted by molar-refractivity contribution is 5.28. The van der Waals surface area contributed by atoms with Crippen LogP contribution in [0.15, 0.2) is 28.8 Å². The van der Waals surface area contributed by atoms with Gasteiger partial charge >= 0.3 is 0 Å². The molecule has 0 bridgehead atoms. The quantitative estimate of drug-likeness (QED) is 0.842. The summed E-state index contributed by atoms with van der Waals surface area (Å²) in [6.07, 6.45) is 8.93. The van der Waals surface area contributed by atoms with Crippen LogP contribution >= 0.6 is 0 Å². The summed E-state index contributed by atoms with van der Waals surface area (Å²) in [7, 11) is 1.67. The highest BCUT2D eigenvalue weighted by atomic mass is 16.5. The maximum Gasteiger partial charge on any atom is 0.226 e.